The molecular weight excluding hydrogens is 171 g/mol. The summed E-state index contributed by atoms with van der Waals surface area (Å²) in [5.74, 6) is -0.00699. The number of methoxy groups -OCH3 is 1. The highest BCUT2D eigenvalue weighted by atomic mass is 19.1. The van der Waals surface area contributed by atoms with Crippen LogP contribution in [0.25, 0.3) is 0 Å². The molecule has 0 aliphatic rings. The van der Waals surface area contributed by atoms with Gasteiger partial charge in [-0.1, -0.05) is 6.07 Å². The van der Waals surface area contributed by atoms with Gasteiger partial charge in [0.2, 0.25) is 0 Å². The molecular formula is C10H13FO2. The highest BCUT2D eigenvalue weighted by molar-refractivity contribution is 5.39. The van der Waals surface area contributed by atoms with Crippen LogP contribution in [0.1, 0.15) is 24.2 Å². The number of aliphatic hydroxyl groups excluding tert-OH is 1. The highest BCUT2D eigenvalue weighted by Crippen LogP contribution is 2.29. The van der Waals surface area contributed by atoms with Crippen LogP contribution in [0.3, 0.4) is 0 Å². The average Bonchev–Trinajstić information content (AvgIpc) is 2.08. The second-order valence-electron chi connectivity index (χ2n) is 2.99. The Bertz CT molecular complexity index is 308. The van der Waals surface area contributed by atoms with Gasteiger partial charge in [-0.3, -0.25) is 0 Å². The number of hydrogen-bond donors (Lipinski definition) is 1. The summed E-state index contributed by atoms with van der Waals surface area (Å²) in [6.07, 6.45) is -0.852. The van der Waals surface area contributed by atoms with Crippen LogP contribution in [0.15, 0.2) is 12.1 Å². The van der Waals surface area contributed by atoms with E-state index in [0.717, 1.165) is 0 Å². The van der Waals surface area contributed by atoms with Gasteiger partial charge in [-0.05, 0) is 25.5 Å². The van der Waals surface area contributed by atoms with Crippen molar-refractivity contribution in [1.82, 2.24) is 0 Å². The summed E-state index contributed by atoms with van der Waals surface area (Å²) < 4.78 is 18.4. The lowest BCUT2D eigenvalue weighted by Gasteiger charge is -2.13. The molecule has 0 spiro atoms. The molecule has 1 aromatic carbocycles. The van der Waals surface area contributed by atoms with Gasteiger partial charge in [0.1, 0.15) is 11.6 Å². The zero-order valence-electron chi connectivity index (χ0n) is 7.97. The molecule has 0 heterocycles. The Morgan fingerprint density at radius 1 is 1.46 bits per heavy atom. The maximum Gasteiger partial charge on any atom is 0.135 e. The molecule has 0 amide bonds. The van der Waals surface area contributed by atoms with Crippen LogP contribution >= 0.6 is 0 Å². The van der Waals surface area contributed by atoms with Crippen molar-refractivity contribution in [3.8, 4) is 5.75 Å². The molecule has 1 atom stereocenters. The van der Waals surface area contributed by atoms with Gasteiger partial charge in [-0.2, -0.15) is 0 Å². The first-order valence-electron chi connectivity index (χ1n) is 4.09. The Balaban J connectivity index is 3.32. The summed E-state index contributed by atoms with van der Waals surface area (Å²) in [6.45, 7) is 3.17. The minimum Gasteiger partial charge on any atom is -0.496 e. The minimum absolute atomic E-state index is 0.225. The van der Waals surface area contributed by atoms with Crippen LogP contribution in [0.2, 0.25) is 0 Å². The van der Waals surface area contributed by atoms with Crippen molar-refractivity contribution in [3.05, 3.63) is 29.1 Å². The van der Waals surface area contributed by atoms with Crippen molar-refractivity contribution in [2.75, 3.05) is 7.11 Å². The molecule has 0 saturated heterocycles. The monoisotopic (exact) mass is 184 g/mol. The Hall–Kier alpha value is -1.09. The second-order valence-corrected chi connectivity index (χ2v) is 2.99. The summed E-state index contributed by atoms with van der Waals surface area (Å²) in [7, 11) is 1.45. The van der Waals surface area contributed by atoms with Crippen LogP contribution in [-0.4, -0.2) is 12.2 Å². The van der Waals surface area contributed by atoms with Crippen molar-refractivity contribution in [2.45, 2.75) is 20.0 Å². The smallest absolute Gasteiger partial charge is 0.135 e. The maximum atomic E-state index is 13.5. The first kappa shape index (κ1) is 9.99. The molecule has 1 N–H and O–H groups in total. The van der Waals surface area contributed by atoms with Crippen molar-refractivity contribution in [3.63, 3.8) is 0 Å². The lowest BCUT2D eigenvalue weighted by molar-refractivity contribution is 0.188. The van der Waals surface area contributed by atoms with E-state index < -0.39 is 11.9 Å². The number of benzene rings is 1. The largest absolute Gasteiger partial charge is 0.496 e. The molecule has 3 heteroatoms. The number of rotatable bonds is 2. The third kappa shape index (κ3) is 1.80. The summed E-state index contributed by atoms with van der Waals surface area (Å²) in [6, 6.07) is 3.28. The predicted octanol–water partition coefficient (Wildman–Crippen LogP) is 2.20. The predicted molar refractivity (Wildman–Crippen MR) is 48.3 cm³/mol. The zero-order valence-corrected chi connectivity index (χ0v) is 7.97. The lowest BCUT2D eigenvalue weighted by Crippen LogP contribution is -2.01. The Morgan fingerprint density at radius 2 is 2.08 bits per heavy atom. The Kier molecular flexibility index (Phi) is 2.88. The van der Waals surface area contributed by atoms with E-state index in [1.165, 1.54) is 14.0 Å². The minimum atomic E-state index is -0.852. The van der Waals surface area contributed by atoms with Crippen molar-refractivity contribution in [1.29, 1.82) is 0 Å². The zero-order chi connectivity index (χ0) is 10.0. The van der Waals surface area contributed by atoms with E-state index in [-0.39, 0.29) is 5.56 Å². The summed E-state index contributed by atoms with van der Waals surface area (Å²) in [5.41, 5.74) is 0.735. The molecule has 1 rings (SSSR count). The Morgan fingerprint density at radius 3 is 2.54 bits per heavy atom. The van der Waals surface area contributed by atoms with Crippen molar-refractivity contribution < 1.29 is 14.2 Å². The fraction of sp³-hybridized carbons (Fsp3) is 0.400. The Labute approximate surface area is 77.0 Å². The normalized spacial score (nSPS) is 12.7. The SMILES string of the molecule is COc1ccc(C)c(F)c1C(C)O. The van der Waals surface area contributed by atoms with Crippen LogP contribution in [0, 0.1) is 12.7 Å². The number of halogens is 1. The van der Waals surface area contributed by atoms with Crippen LogP contribution in [0.5, 0.6) is 5.75 Å². The number of aryl methyl sites for hydroxylation is 1. The van der Waals surface area contributed by atoms with E-state index in [4.69, 9.17) is 4.74 Å². The van der Waals surface area contributed by atoms with Gasteiger partial charge in [0, 0.05) is 0 Å². The molecule has 72 valence electrons. The highest BCUT2D eigenvalue weighted by Gasteiger charge is 2.15. The van der Waals surface area contributed by atoms with Crippen molar-refractivity contribution >= 4 is 0 Å². The van der Waals surface area contributed by atoms with Gasteiger partial charge in [-0.15, -0.1) is 0 Å². The number of ether oxygens (including phenoxy) is 1. The molecule has 0 saturated carbocycles. The first-order valence-corrected chi connectivity index (χ1v) is 4.09. The van der Waals surface area contributed by atoms with E-state index >= 15 is 0 Å². The average molecular weight is 184 g/mol. The fourth-order valence-corrected chi connectivity index (χ4v) is 1.25. The van der Waals surface area contributed by atoms with Gasteiger partial charge in [-0.25, -0.2) is 4.39 Å². The molecule has 1 unspecified atom stereocenters. The second kappa shape index (κ2) is 3.75. The summed E-state index contributed by atoms with van der Waals surface area (Å²) >= 11 is 0. The van der Waals surface area contributed by atoms with Crippen LogP contribution in [-0.2, 0) is 0 Å². The number of aliphatic hydroxyl groups is 1. The molecule has 13 heavy (non-hydrogen) atoms. The molecule has 0 aromatic heterocycles. The van der Waals surface area contributed by atoms with Crippen LogP contribution in [0.4, 0.5) is 4.39 Å². The quantitative estimate of drug-likeness (QED) is 0.763. The molecule has 0 fully saturated rings. The van der Waals surface area contributed by atoms with E-state index in [2.05, 4.69) is 0 Å². The third-order valence-electron chi connectivity index (χ3n) is 1.97. The van der Waals surface area contributed by atoms with E-state index in [0.29, 0.717) is 11.3 Å². The third-order valence-corrected chi connectivity index (χ3v) is 1.97. The van der Waals surface area contributed by atoms with Gasteiger partial charge >= 0.3 is 0 Å². The fourth-order valence-electron chi connectivity index (χ4n) is 1.25. The lowest BCUT2D eigenvalue weighted by atomic mass is 10.1. The first-order chi connectivity index (χ1) is 6.07. The summed E-state index contributed by atoms with van der Waals surface area (Å²) in [5, 5.41) is 9.32. The molecule has 0 radical (unpaired) electrons. The maximum absolute atomic E-state index is 13.5. The standard InChI is InChI=1S/C10H13FO2/c1-6-4-5-8(13-3)9(7(2)12)10(6)11/h4-5,7,12H,1-3H3. The van der Waals surface area contributed by atoms with Gasteiger partial charge < -0.3 is 9.84 Å². The molecule has 0 aliphatic heterocycles. The topological polar surface area (TPSA) is 29.5 Å². The van der Waals surface area contributed by atoms with Gasteiger partial charge in [0.15, 0.2) is 0 Å². The number of hydrogen-bond acceptors (Lipinski definition) is 2. The van der Waals surface area contributed by atoms with E-state index in [1.54, 1.807) is 19.1 Å². The van der Waals surface area contributed by atoms with Gasteiger partial charge in [0.25, 0.3) is 0 Å². The van der Waals surface area contributed by atoms with Crippen molar-refractivity contribution in [2.24, 2.45) is 0 Å². The molecule has 0 bridgehead atoms. The molecule has 0 aliphatic carbocycles. The molecule has 1 aromatic rings. The molecule has 2 nitrogen and oxygen atoms in total. The van der Waals surface area contributed by atoms with E-state index in [1.807, 2.05) is 0 Å². The van der Waals surface area contributed by atoms with Crippen LogP contribution < -0.4 is 4.74 Å². The summed E-state index contributed by atoms with van der Waals surface area (Å²) in [4.78, 5) is 0. The van der Waals surface area contributed by atoms with Gasteiger partial charge in [0.05, 0.1) is 18.8 Å². The van der Waals surface area contributed by atoms with E-state index in [9.17, 15) is 9.50 Å².